The predicted molar refractivity (Wildman–Crippen MR) is 73.9 cm³/mol. The van der Waals surface area contributed by atoms with Crippen LogP contribution >= 0.6 is 23.1 Å². The molecule has 0 unspecified atom stereocenters. The van der Waals surface area contributed by atoms with Gasteiger partial charge in [-0.2, -0.15) is 11.8 Å². The van der Waals surface area contributed by atoms with Gasteiger partial charge in [0.25, 0.3) is 0 Å². The molecule has 0 atom stereocenters. The van der Waals surface area contributed by atoms with Crippen LogP contribution in [0, 0.1) is 6.92 Å². The molecule has 2 N–H and O–H groups in total. The Hall–Kier alpha value is -1.00. The van der Waals surface area contributed by atoms with Crippen molar-refractivity contribution in [3.05, 3.63) is 34.7 Å². The Bertz CT molecular complexity index is 474. The molecular formula is C12H14N2S2. The average Bonchev–Trinajstić information content (AvgIpc) is 2.59. The molecule has 16 heavy (non-hydrogen) atoms. The number of thiazole rings is 1. The van der Waals surface area contributed by atoms with E-state index in [-0.39, 0.29) is 0 Å². The van der Waals surface area contributed by atoms with Crippen LogP contribution in [0.15, 0.2) is 24.3 Å². The van der Waals surface area contributed by atoms with Gasteiger partial charge in [-0.05, 0) is 18.7 Å². The van der Waals surface area contributed by atoms with E-state index >= 15 is 0 Å². The Morgan fingerprint density at radius 3 is 2.50 bits per heavy atom. The van der Waals surface area contributed by atoms with Gasteiger partial charge in [0.15, 0.2) is 5.13 Å². The van der Waals surface area contributed by atoms with Gasteiger partial charge in [0.05, 0.1) is 5.69 Å². The number of nitrogens with zero attached hydrogens (tertiary/aromatic N) is 1. The molecule has 1 aromatic carbocycles. The molecule has 0 spiro atoms. The summed E-state index contributed by atoms with van der Waals surface area (Å²) >= 11 is 3.37. The standard InChI is InChI=1S/C12H14N2S2/c1-8-11(14-12(13)16-8)10-5-3-9(4-6-10)7-15-2/h3-6H,7H2,1-2H3,(H2,13,14). The summed E-state index contributed by atoms with van der Waals surface area (Å²) in [6.07, 6.45) is 2.11. The lowest BCUT2D eigenvalue weighted by molar-refractivity contribution is 1.36. The number of thioether (sulfide) groups is 1. The van der Waals surface area contributed by atoms with Crippen LogP contribution in [0.5, 0.6) is 0 Å². The molecule has 0 aliphatic heterocycles. The lowest BCUT2D eigenvalue weighted by atomic mass is 10.1. The van der Waals surface area contributed by atoms with Crippen molar-refractivity contribution in [2.45, 2.75) is 12.7 Å². The maximum atomic E-state index is 5.70. The Kier molecular flexibility index (Phi) is 3.51. The van der Waals surface area contributed by atoms with Crippen molar-refractivity contribution in [3.8, 4) is 11.3 Å². The van der Waals surface area contributed by atoms with E-state index in [0.717, 1.165) is 17.0 Å². The number of nitrogens with two attached hydrogens (primary N) is 1. The first-order chi connectivity index (χ1) is 7.70. The average molecular weight is 250 g/mol. The van der Waals surface area contributed by atoms with Gasteiger partial charge in [-0.1, -0.05) is 24.3 Å². The predicted octanol–water partition coefficient (Wildman–Crippen LogP) is 3.56. The molecule has 0 radical (unpaired) electrons. The number of benzene rings is 1. The highest BCUT2D eigenvalue weighted by Crippen LogP contribution is 2.29. The quantitative estimate of drug-likeness (QED) is 0.905. The minimum Gasteiger partial charge on any atom is -0.375 e. The van der Waals surface area contributed by atoms with Crippen LogP contribution in [0.25, 0.3) is 11.3 Å². The van der Waals surface area contributed by atoms with E-state index in [9.17, 15) is 0 Å². The number of rotatable bonds is 3. The Morgan fingerprint density at radius 2 is 2.00 bits per heavy atom. The molecule has 2 rings (SSSR count). The lowest BCUT2D eigenvalue weighted by Gasteiger charge is -2.01. The SMILES string of the molecule is CSCc1ccc(-c2nc(N)sc2C)cc1. The minimum absolute atomic E-state index is 0.640. The van der Waals surface area contributed by atoms with Crippen LogP contribution in [0.4, 0.5) is 5.13 Å². The van der Waals surface area contributed by atoms with Crippen molar-refractivity contribution in [1.82, 2.24) is 4.98 Å². The molecule has 0 bridgehead atoms. The van der Waals surface area contributed by atoms with Crippen molar-refractivity contribution >= 4 is 28.2 Å². The van der Waals surface area contributed by atoms with E-state index in [1.807, 2.05) is 11.8 Å². The third-order valence-electron chi connectivity index (χ3n) is 2.35. The second-order valence-electron chi connectivity index (χ2n) is 3.59. The first-order valence-electron chi connectivity index (χ1n) is 5.02. The summed E-state index contributed by atoms with van der Waals surface area (Å²) in [7, 11) is 0. The van der Waals surface area contributed by atoms with Gasteiger partial charge < -0.3 is 5.73 Å². The van der Waals surface area contributed by atoms with Crippen LogP contribution in [0.1, 0.15) is 10.4 Å². The van der Waals surface area contributed by atoms with Gasteiger partial charge in [-0.15, -0.1) is 11.3 Å². The Balaban J connectivity index is 2.31. The molecule has 0 saturated carbocycles. The molecule has 0 aliphatic rings. The molecule has 1 heterocycles. The van der Waals surface area contributed by atoms with Crippen LogP contribution in [-0.4, -0.2) is 11.2 Å². The molecule has 4 heteroatoms. The fourth-order valence-corrected chi connectivity index (χ4v) is 2.85. The van der Waals surface area contributed by atoms with Crippen molar-refractivity contribution < 1.29 is 0 Å². The topological polar surface area (TPSA) is 38.9 Å². The van der Waals surface area contributed by atoms with Crippen molar-refractivity contribution in [1.29, 1.82) is 0 Å². The molecule has 0 amide bonds. The number of hydrogen-bond donors (Lipinski definition) is 1. The number of aryl methyl sites for hydroxylation is 1. The molecule has 2 aromatic rings. The molecule has 1 aromatic heterocycles. The van der Waals surface area contributed by atoms with Crippen LogP contribution in [0.3, 0.4) is 0 Å². The molecule has 2 nitrogen and oxygen atoms in total. The van der Waals surface area contributed by atoms with Crippen molar-refractivity contribution in [2.75, 3.05) is 12.0 Å². The van der Waals surface area contributed by atoms with E-state index in [4.69, 9.17) is 5.73 Å². The number of nitrogen functional groups attached to an aromatic ring is 1. The zero-order valence-electron chi connectivity index (χ0n) is 9.36. The Labute approximate surface area is 104 Å². The molecule has 0 saturated heterocycles. The summed E-state index contributed by atoms with van der Waals surface area (Å²) in [6.45, 7) is 2.05. The van der Waals surface area contributed by atoms with Crippen LogP contribution in [0.2, 0.25) is 0 Å². The van der Waals surface area contributed by atoms with Gasteiger partial charge in [0.2, 0.25) is 0 Å². The van der Waals surface area contributed by atoms with Gasteiger partial charge in [-0.3, -0.25) is 0 Å². The number of anilines is 1. The molecule has 0 fully saturated rings. The summed E-state index contributed by atoms with van der Waals surface area (Å²) in [5, 5.41) is 0.640. The van der Waals surface area contributed by atoms with E-state index in [2.05, 4.69) is 42.4 Å². The first-order valence-corrected chi connectivity index (χ1v) is 7.23. The normalized spacial score (nSPS) is 10.6. The summed E-state index contributed by atoms with van der Waals surface area (Å²) in [6, 6.07) is 8.54. The van der Waals surface area contributed by atoms with Crippen molar-refractivity contribution in [3.63, 3.8) is 0 Å². The van der Waals surface area contributed by atoms with Gasteiger partial charge in [0.1, 0.15) is 0 Å². The summed E-state index contributed by atoms with van der Waals surface area (Å²) in [5.74, 6) is 1.05. The molecule has 84 valence electrons. The third kappa shape index (κ3) is 2.39. The minimum atomic E-state index is 0.640. The maximum absolute atomic E-state index is 5.70. The van der Waals surface area contributed by atoms with Crippen molar-refractivity contribution in [2.24, 2.45) is 0 Å². The second-order valence-corrected chi connectivity index (χ2v) is 5.69. The molecular weight excluding hydrogens is 236 g/mol. The maximum Gasteiger partial charge on any atom is 0.180 e. The zero-order valence-corrected chi connectivity index (χ0v) is 11.0. The summed E-state index contributed by atoms with van der Waals surface area (Å²) in [4.78, 5) is 5.52. The van der Waals surface area contributed by atoms with Gasteiger partial charge >= 0.3 is 0 Å². The smallest absolute Gasteiger partial charge is 0.180 e. The highest BCUT2D eigenvalue weighted by Gasteiger charge is 2.07. The van der Waals surface area contributed by atoms with E-state index in [1.54, 1.807) is 11.3 Å². The third-order valence-corrected chi connectivity index (χ3v) is 3.77. The number of hydrogen-bond acceptors (Lipinski definition) is 4. The fourth-order valence-electron chi connectivity index (χ4n) is 1.61. The lowest BCUT2D eigenvalue weighted by Crippen LogP contribution is -1.85. The first kappa shape index (κ1) is 11.5. The largest absolute Gasteiger partial charge is 0.375 e. The zero-order chi connectivity index (χ0) is 11.5. The van der Waals surface area contributed by atoms with E-state index in [1.165, 1.54) is 10.4 Å². The highest BCUT2D eigenvalue weighted by molar-refractivity contribution is 7.97. The monoisotopic (exact) mass is 250 g/mol. The fraction of sp³-hybridized carbons (Fsp3) is 0.250. The molecule has 0 aliphatic carbocycles. The van der Waals surface area contributed by atoms with Gasteiger partial charge in [0, 0.05) is 16.2 Å². The van der Waals surface area contributed by atoms with Crippen LogP contribution < -0.4 is 5.73 Å². The van der Waals surface area contributed by atoms with Crippen LogP contribution in [-0.2, 0) is 5.75 Å². The Morgan fingerprint density at radius 1 is 1.31 bits per heavy atom. The highest BCUT2D eigenvalue weighted by atomic mass is 32.2. The summed E-state index contributed by atoms with van der Waals surface area (Å²) < 4.78 is 0. The second kappa shape index (κ2) is 4.89. The van der Waals surface area contributed by atoms with E-state index in [0.29, 0.717) is 5.13 Å². The summed E-state index contributed by atoms with van der Waals surface area (Å²) in [5.41, 5.74) is 9.20. The van der Waals surface area contributed by atoms with E-state index < -0.39 is 0 Å². The number of aromatic nitrogens is 1. The van der Waals surface area contributed by atoms with Gasteiger partial charge in [-0.25, -0.2) is 4.98 Å².